The Labute approximate surface area is 167 Å². The van der Waals surface area contributed by atoms with Gasteiger partial charge in [-0.1, -0.05) is 52.0 Å². The lowest BCUT2D eigenvalue weighted by atomic mass is 10.0. The zero-order valence-corrected chi connectivity index (χ0v) is 17.1. The molecule has 3 amide bonds. The van der Waals surface area contributed by atoms with Crippen LogP contribution in [0.2, 0.25) is 0 Å². The van der Waals surface area contributed by atoms with E-state index in [-0.39, 0.29) is 18.5 Å². The topological polar surface area (TPSA) is 52.7 Å². The van der Waals surface area contributed by atoms with Crippen LogP contribution in [-0.4, -0.2) is 36.5 Å². The first kappa shape index (κ1) is 19.9. The van der Waals surface area contributed by atoms with Crippen LogP contribution in [0.15, 0.2) is 48.5 Å². The molecular weight excluding hydrogens is 350 g/mol. The molecule has 1 fully saturated rings. The van der Waals surface area contributed by atoms with Crippen LogP contribution in [0.5, 0.6) is 0 Å². The number of rotatable bonds is 6. The Kier molecular flexibility index (Phi) is 6.02. The average molecular weight is 380 g/mol. The molecule has 0 saturated carbocycles. The molecule has 1 aliphatic heterocycles. The standard InChI is InChI=1S/C23H29N3O2/c1-16(2)18-5-9-20(10-6-18)24-22(27)15-25-13-14-26(23(25)28)21-11-7-19(8-12-21)17(3)4/h5-12,16-17H,13-15H2,1-4H3,(H,24,27). The number of nitrogens with zero attached hydrogens (tertiary/aromatic N) is 2. The van der Waals surface area contributed by atoms with E-state index in [0.29, 0.717) is 24.9 Å². The Morgan fingerprint density at radius 1 is 0.893 bits per heavy atom. The Morgan fingerprint density at radius 3 is 1.96 bits per heavy atom. The van der Waals surface area contributed by atoms with Crippen LogP contribution in [0.25, 0.3) is 0 Å². The second-order valence-electron chi connectivity index (χ2n) is 7.93. The van der Waals surface area contributed by atoms with E-state index in [2.05, 4.69) is 45.1 Å². The van der Waals surface area contributed by atoms with Crippen molar-refractivity contribution in [1.29, 1.82) is 0 Å². The largest absolute Gasteiger partial charge is 0.325 e. The maximum atomic E-state index is 12.7. The number of hydrogen-bond donors (Lipinski definition) is 1. The van der Waals surface area contributed by atoms with Gasteiger partial charge in [0.2, 0.25) is 5.91 Å². The molecule has 148 valence electrons. The zero-order chi connectivity index (χ0) is 20.3. The quantitative estimate of drug-likeness (QED) is 0.783. The third-order valence-electron chi connectivity index (χ3n) is 5.16. The second-order valence-corrected chi connectivity index (χ2v) is 7.93. The lowest BCUT2D eigenvalue weighted by Crippen LogP contribution is -2.37. The summed E-state index contributed by atoms with van der Waals surface area (Å²) in [5, 5.41) is 2.88. The smallest absolute Gasteiger partial charge is 0.325 e. The van der Waals surface area contributed by atoms with Gasteiger partial charge in [-0.15, -0.1) is 0 Å². The van der Waals surface area contributed by atoms with Crippen LogP contribution in [-0.2, 0) is 4.79 Å². The summed E-state index contributed by atoms with van der Waals surface area (Å²) in [6.07, 6.45) is 0. The van der Waals surface area contributed by atoms with E-state index in [0.717, 1.165) is 11.4 Å². The van der Waals surface area contributed by atoms with E-state index in [1.54, 1.807) is 9.80 Å². The summed E-state index contributed by atoms with van der Waals surface area (Å²) < 4.78 is 0. The minimum atomic E-state index is -0.178. The second kappa shape index (κ2) is 8.46. The molecule has 28 heavy (non-hydrogen) atoms. The average Bonchev–Trinajstić information content (AvgIpc) is 3.02. The fraction of sp³-hybridized carbons (Fsp3) is 0.391. The number of amides is 3. The van der Waals surface area contributed by atoms with Gasteiger partial charge in [0.05, 0.1) is 0 Å². The highest BCUT2D eigenvalue weighted by molar-refractivity contribution is 5.99. The molecule has 1 saturated heterocycles. The molecule has 1 aliphatic rings. The molecule has 0 bridgehead atoms. The van der Waals surface area contributed by atoms with Crippen molar-refractivity contribution in [3.05, 3.63) is 59.7 Å². The maximum Gasteiger partial charge on any atom is 0.325 e. The predicted molar refractivity (Wildman–Crippen MR) is 114 cm³/mol. The molecule has 3 rings (SSSR count). The van der Waals surface area contributed by atoms with Gasteiger partial charge in [-0.25, -0.2) is 4.79 Å². The van der Waals surface area contributed by atoms with Gasteiger partial charge in [-0.2, -0.15) is 0 Å². The van der Waals surface area contributed by atoms with E-state index < -0.39 is 0 Å². The van der Waals surface area contributed by atoms with Crippen molar-refractivity contribution in [3.63, 3.8) is 0 Å². The van der Waals surface area contributed by atoms with Gasteiger partial charge in [-0.3, -0.25) is 9.69 Å². The van der Waals surface area contributed by atoms with E-state index in [1.807, 2.05) is 36.4 Å². The van der Waals surface area contributed by atoms with Crippen LogP contribution >= 0.6 is 0 Å². The molecule has 0 aliphatic carbocycles. The molecule has 5 nitrogen and oxygen atoms in total. The third-order valence-corrected chi connectivity index (χ3v) is 5.16. The Hall–Kier alpha value is -2.82. The Bertz CT molecular complexity index is 826. The summed E-state index contributed by atoms with van der Waals surface area (Å²) in [5.74, 6) is 0.730. The normalized spacial score (nSPS) is 14.3. The summed E-state index contributed by atoms with van der Waals surface area (Å²) in [6.45, 7) is 9.76. The van der Waals surface area contributed by atoms with Crippen molar-refractivity contribution in [2.24, 2.45) is 0 Å². The van der Waals surface area contributed by atoms with Gasteiger partial charge < -0.3 is 10.2 Å². The van der Waals surface area contributed by atoms with Crippen molar-refractivity contribution in [2.45, 2.75) is 39.5 Å². The number of carbonyl (C=O) groups is 2. The summed E-state index contributed by atoms with van der Waals surface area (Å²) in [6, 6.07) is 15.8. The molecule has 1 N–H and O–H groups in total. The maximum absolute atomic E-state index is 12.7. The SMILES string of the molecule is CC(C)c1ccc(NC(=O)CN2CCN(c3ccc(C(C)C)cc3)C2=O)cc1. The molecule has 0 atom stereocenters. The number of carbonyl (C=O) groups excluding carboxylic acids is 2. The van der Waals surface area contributed by atoms with Crippen molar-refractivity contribution in [2.75, 3.05) is 29.9 Å². The zero-order valence-electron chi connectivity index (χ0n) is 17.1. The van der Waals surface area contributed by atoms with Crippen LogP contribution in [0, 0.1) is 0 Å². The van der Waals surface area contributed by atoms with Gasteiger partial charge in [0.1, 0.15) is 6.54 Å². The minimum absolute atomic E-state index is 0.0609. The number of hydrogen-bond acceptors (Lipinski definition) is 2. The van der Waals surface area contributed by atoms with E-state index >= 15 is 0 Å². The van der Waals surface area contributed by atoms with E-state index in [4.69, 9.17) is 0 Å². The summed E-state index contributed by atoms with van der Waals surface area (Å²) in [7, 11) is 0. The molecule has 2 aromatic carbocycles. The number of urea groups is 1. The Balaban J connectivity index is 1.57. The molecule has 0 spiro atoms. The van der Waals surface area contributed by atoms with Gasteiger partial charge >= 0.3 is 6.03 Å². The van der Waals surface area contributed by atoms with E-state index in [1.165, 1.54) is 11.1 Å². The minimum Gasteiger partial charge on any atom is -0.325 e. The summed E-state index contributed by atoms with van der Waals surface area (Å²) >= 11 is 0. The van der Waals surface area contributed by atoms with E-state index in [9.17, 15) is 9.59 Å². The first-order valence-electron chi connectivity index (χ1n) is 9.91. The van der Waals surface area contributed by atoms with Crippen molar-refractivity contribution in [3.8, 4) is 0 Å². The molecule has 2 aromatic rings. The number of anilines is 2. The molecule has 1 heterocycles. The van der Waals surface area contributed by atoms with Gasteiger partial charge in [0, 0.05) is 24.5 Å². The number of benzene rings is 2. The van der Waals surface area contributed by atoms with Crippen LogP contribution in [0.1, 0.15) is 50.7 Å². The van der Waals surface area contributed by atoms with Gasteiger partial charge in [0.25, 0.3) is 0 Å². The molecule has 0 aromatic heterocycles. The van der Waals surface area contributed by atoms with Crippen LogP contribution < -0.4 is 10.2 Å². The van der Waals surface area contributed by atoms with Gasteiger partial charge in [-0.05, 0) is 47.2 Å². The third kappa shape index (κ3) is 4.53. The van der Waals surface area contributed by atoms with Crippen molar-refractivity contribution >= 4 is 23.3 Å². The highest BCUT2D eigenvalue weighted by atomic mass is 16.2. The molecular formula is C23H29N3O2. The van der Waals surface area contributed by atoms with Crippen LogP contribution in [0.4, 0.5) is 16.2 Å². The lowest BCUT2D eigenvalue weighted by Gasteiger charge is -2.19. The van der Waals surface area contributed by atoms with Crippen molar-refractivity contribution < 1.29 is 9.59 Å². The lowest BCUT2D eigenvalue weighted by molar-refractivity contribution is -0.116. The molecule has 5 heteroatoms. The molecule has 0 radical (unpaired) electrons. The number of nitrogens with one attached hydrogen (secondary N) is 1. The first-order valence-corrected chi connectivity index (χ1v) is 9.91. The fourth-order valence-electron chi connectivity index (χ4n) is 3.33. The fourth-order valence-corrected chi connectivity index (χ4v) is 3.33. The summed E-state index contributed by atoms with van der Waals surface area (Å²) in [4.78, 5) is 28.4. The Morgan fingerprint density at radius 2 is 1.43 bits per heavy atom. The monoisotopic (exact) mass is 379 g/mol. The highest BCUT2D eigenvalue weighted by Gasteiger charge is 2.30. The van der Waals surface area contributed by atoms with Gasteiger partial charge in [0.15, 0.2) is 0 Å². The first-order chi connectivity index (χ1) is 13.3. The predicted octanol–water partition coefficient (Wildman–Crippen LogP) is 4.81. The highest BCUT2D eigenvalue weighted by Crippen LogP contribution is 2.23. The van der Waals surface area contributed by atoms with Crippen LogP contribution in [0.3, 0.4) is 0 Å². The summed E-state index contributed by atoms with van der Waals surface area (Å²) in [5.41, 5.74) is 4.10. The van der Waals surface area contributed by atoms with Crippen molar-refractivity contribution in [1.82, 2.24) is 4.90 Å². The molecule has 0 unspecified atom stereocenters.